The van der Waals surface area contributed by atoms with Crippen LogP contribution in [0.4, 0.5) is 5.69 Å². The van der Waals surface area contributed by atoms with Crippen LogP contribution in [0.25, 0.3) is 11.0 Å². The summed E-state index contributed by atoms with van der Waals surface area (Å²) in [6.45, 7) is 3.67. The van der Waals surface area contributed by atoms with Gasteiger partial charge in [0.15, 0.2) is 5.75 Å². The van der Waals surface area contributed by atoms with E-state index in [0.29, 0.717) is 16.8 Å². The normalized spacial score (nSPS) is 10.8. The molecule has 0 aliphatic heterocycles. The minimum absolute atomic E-state index is 0.189. The zero-order valence-corrected chi connectivity index (χ0v) is 14.7. The van der Waals surface area contributed by atoms with Crippen LogP contribution in [0.2, 0.25) is 0 Å². The van der Waals surface area contributed by atoms with E-state index in [1.807, 2.05) is 19.9 Å². The molecule has 0 saturated carbocycles. The summed E-state index contributed by atoms with van der Waals surface area (Å²) in [6.07, 6.45) is 1.35. The van der Waals surface area contributed by atoms with Crippen LogP contribution in [0.15, 0.2) is 42.7 Å². The molecule has 1 amide bonds. The lowest BCUT2D eigenvalue weighted by molar-refractivity contribution is 0.0594. The molecule has 0 bridgehead atoms. The van der Waals surface area contributed by atoms with Crippen LogP contribution in [-0.2, 0) is 4.74 Å². The zero-order valence-electron chi connectivity index (χ0n) is 14.7. The van der Waals surface area contributed by atoms with E-state index in [1.54, 1.807) is 30.3 Å². The van der Waals surface area contributed by atoms with Crippen molar-refractivity contribution in [3.05, 3.63) is 53.9 Å². The van der Waals surface area contributed by atoms with E-state index in [4.69, 9.17) is 9.47 Å². The van der Waals surface area contributed by atoms with Crippen molar-refractivity contribution in [3.63, 3.8) is 0 Å². The van der Waals surface area contributed by atoms with Crippen LogP contribution in [0, 0.1) is 0 Å². The van der Waals surface area contributed by atoms with Gasteiger partial charge in [-0.25, -0.2) is 9.78 Å². The van der Waals surface area contributed by atoms with Crippen molar-refractivity contribution in [2.24, 2.45) is 0 Å². The summed E-state index contributed by atoms with van der Waals surface area (Å²) < 4.78 is 10.6. The molecule has 0 saturated heterocycles. The first-order valence-corrected chi connectivity index (χ1v) is 8.12. The number of fused-ring (bicyclic) bond motifs is 1. The van der Waals surface area contributed by atoms with Crippen LogP contribution >= 0.6 is 0 Å². The highest BCUT2D eigenvalue weighted by Crippen LogP contribution is 2.31. The molecule has 134 valence electrons. The zero-order chi connectivity index (χ0) is 18.7. The third-order valence-corrected chi connectivity index (χ3v) is 3.72. The predicted octanol–water partition coefficient (Wildman–Crippen LogP) is 3.39. The van der Waals surface area contributed by atoms with E-state index in [1.165, 1.54) is 13.4 Å². The van der Waals surface area contributed by atoms with Crippen LogP contribution in [0.3, 0.4) is 0 Å². The summed E-state index contributed by atoms with van der Waals surface area (Å²) in [7, 11) is 1.30. The minimum Gasteiger partial charge on any atom is -0.488 e. The Bertz CT molecular complexity index is 962. The maximum Gasteiger partial charge on any atom is 0.341 e. The second kappa shape index (κ2) is 7.26. The monoisotopic (exact) mass is 353 g/mol. The number of methoxy groups -OCH3 is 1. The van der Waals surface area contributed by atoms with Crippen molar-refractivity contribution in [2.45, 2.75) is 20.0 Å². The molecule has 7 heteroatoms. The molecule has 0 aliphatic carbocycles. The third kappa shape index (κ3) is 3.37. The maximum atomic E-state index is 12.8. The summed E-state index contributed by atoms with van der Waals surface area (Å²) in [5, 5.41) is 2.81. The fourth-order valence-corrected chi connectivity index (χ4v) is 2.61. The average molecular weight is 353 g/mol. The number of esters is 1. The molecule has 3 aromatic rings. The van der Waals surface area contributed by atoms with Gasteiger partial charge in [0.2, 0.25) is 0 Å². The molecule has 0 unspecified atom stereocenters. The first-order chi connectivity index (χ1) is 12.5. The molecule has 0 spiro atoms. The Morgan fingerprint density at radius 2 is 1.85 bits per heavy atom. The predicted molar refractivity (Wildman–Crippen MR) is 97.6 cm³/mol. The molecule has 3 rings (SSSR count). The highest BCUT2D eigenvalue weighted by molar-refractivity contribution is 6.12. The lowest BCUT2D eigenvalue weighted by Crippen LogP contribution is -2.17. The molecular weight excluding hydrogens is 334 g/mol. The Kier molecular flexibility index (Phi) is 4.88. The number of hydrogen-bond donors (Lipinski definition) is 2. The number of aromatic nitrogens is 2. The van der Waals surface area contributed by atoms with Gasteiger partial charge in [0.05, 0.1) is 36.3 Å². The van der Waals surface area contributed by atoms with E-state index in [0.717, 1.165) is 5.52 Å². The fourth-order valence-electron chi connectivity index (χ4n) is 2.61. The van der Waals surface area contributed by atoms with Gasteiger partial charge in [-0.1, -0.05) is 12.1 Å². The molecule has 26 heavy (non-hydrogen) atoms. The number of nitrogens with one attached hydrogen (secondary N) is 2. The Labute approximate surface area is 150 Å². The fraction of sp³-hybridized carbons (Fsp3) is 0.211. The number of benzene rings is 2. The van der Waals surface area contributed by atoms with Crippen molar-refractivity contribution >= 4 is 28.6 Å². The van der Waals surface area contributed by atoms with E-state index in [9.17, 15) is 9.59 Å². The number of aromatic amines is 1. The summed E-state index contributed by atoms with van der Waals surface area (Å²) in [4.78, 5) is 32.0. The lowest BCUT2D eigenvalue weighted by Gasteiger charge is -2.17. The van der Waals surface area contributed by atoms with Crippen LogP contribution in [0.1, 0.15) is 34.6 Å². The van der Waals surface area contributed by atoms with Gasteiger partial charge in [0.1, 0.15) is 11.1 Å². The van der Waals surface area contributed by atoms with Gasteiger partial charge in [0.25, 0.3) is 5.91 Å². The van der Waals surface area contributed by atoms with E-state index < -0.39 is 5.97 Å². The molecule has 0 radical (unpaired) electrons. The SMILES string of the molecule is COC(=O)c1cccc(NC(=O)c2cccc3[nH]cnc23)c1OC(C)C. The Balaban J connectivity index is 2.00. The molecule has 1 heterocycles. The van der Waals surface area contributed by atoms with Crippen molar-refractivity contribution in [2.75, 3.05) is 12.4 Å². The molecule has 0 atom stereocenters. The van der Waals surface area contributed by atoms with Crippen LogP contribution < -0.4 is 10.1 Å². The van der Waals surface area contributed by atoms with Crippen LogP contribution in [0.5, 0.6) is 5.75 Å². The van der Waals surface area contributed by atoms with Crippen molar-refractivity contribution < 1.29 is 19.1 Å². The largest absolute Gasteiger partial charge is 0.488 e. The topological polar surface area (TPSA) is 93.3 Å². The van der Waals surface area contributed by atoms with Gasteiger partial charge in [0, 0.05) is 0 Å². The first-order valence-electron chi connectivity index (χ1n) is 8.12. The van der Waals surface area contributed by atoms with E-state index in [2.05, 4.69) is 15.3 Å². The van der Waals surface area contributed by atoms with Gasteiger partial charge < -0.3 is 19.8 Å². The highest BCUT2D eigenvalue weighted by atomic mass is 16.5. The van der Waals surface area contributed by atoms with Crippen LogP contribution in [-0.4, -0.2) is 35.1 Å². The number of para-hydroxylation sites is 2. The summed E-state index contributed by atoms with van der Waals surface area (Å²) in [6, 6.07) is 10.2. The number of ether oxygens (including phenoxy) is 2. The van der Waals surface area contributed by atoms with Gasteiger partial charge >= 0.3 is 5.97 Å². The van der Waals surface area contributed by atoms with Gasteiger partial charge in [-0.15, -0.1) is 0 Å². The molecule has 2 aromatic carbocycles. The average Bonchev–Trinajstić information content (AvgIpc) is 3.10. The Hall–Kier alpha value is -3.35. The maximum absolute atomic E-state index is 12.8. The summed E-state index contributed by atoms with van der Waals surface area (Å²) >= 11 is 0. The van der Waals surface area contributed by atoms with Crippen molar-refractivity contribution in [1.29, 1.82) is 0 Å². The standard InChI is InChI=1S/C19H19N3O4/c1-11(2)26-17-13(19(24)25-3)7-5-9-15(17)22-18(23)12-6-4-8-14-16(12)21-10-20-14/h4-11H,1-3H3,(H,20,21)(H,22,23). The third-order valence-electron chi connectivity index (χ3n) is 3.72. The summed E-state index contributed by atoms with van der Waals surface area (Å²) in [5.41, 5.74) is 2.39. The number of anilines is 1. The highest BCUT2D eigenvalue weighted by Gasteiger charge is 2.20. The number of rotatable bonds is 5. The number of carbonyl (C=O) groups is 2. The number of hydrogen-bond acceptors (Lipinski definition) is 5. The molecule has 0 aliphatic rings. The smallest absolute Gasteiger partial charge is 0.341 e. The van der Waals surface area contributed by atoms with E-state index >= 15 is 0 Å². The second-order valence-electron chi connectivity index (χ2n) is 5.90. The number of nitrogens with zero attached hydrogens (tertiary/aromatic N) is 1. The molecule has 2 N–H and O–H groups in total. The molecule has 7 nitrogen and oxygen atoms in total. The summed E-state index contributed by atoms with van der Waals surface area (Å²) in [5.74, 6) is -0.610. The Morgan fingerprint density at radius 3 is 2.58 bits per heavy atom. The molecule has 1 aromatic heterocycles. The van der Waals surface area contributed by atoms with Crippen molar-refractivity contribution in [3.8, 4) is 5.75 Å². The molecule has 0 fully saturated rings. The Morgan fingerprint density at radius 1 is 1.12 bits per heavy atom. The first kappa shape index (κ1) is 17.5. The van der Waals surface area contributed by atoms with Crippen molar-refractivity contribution in [1.82, 2.24) is 9.97 Å². The van der Waals surface area contributed by atoms with Gasteiger partial charge in [-0.05, 0) is 38.1 Å². The van der Waals surface area contributed by atoms with Gasteiger partial charge in [-0.2, -0.15) is 0 Å². The minimum atomic E-state index is -0.536. The second-order valence-corrected chi connectivity index (χ2v) is 5.90. The lowest BCUT2D eigenvalue weighted by atomic mass is 10.1. The number of H-pyrrole nitrogens is 1. The molecular formula is C19H19N3O4. The number of carbonyl (C=O) groups excluding carboxylic acids is 2. The quantitative estimate of drug-likeness (QED) is 0.686. The van der Waals surface area contributed by atoms with Gasteiger partial charge in [-0.3, -0.25) is 4.79 Å². The number of imidazole rings is 1. The van der Waals surface area contributed by atoms with E-state index in [-0.39, 0.29) is 23.3 Å². The number of amides is 1.